The SMILES string of the molecule is C/C=C/CC/C=C/CC/C=C/C(O)C(COP(=O)([O-])OCC[N+](C)(C)C)NC(=O)CCCCCCCCCCCCCCCCCCCCCCCCCCCCCC/C=C\C/C=C\C/C=C\C/C=C\CC. The minimum absolute atomic E-state index is 0.0102. The van der Waals surface area contributed by atoms with Gasteiger partial charge in [-0.1, -0.05) is 259 Å². The van der Waals surface area contributed by atoms with E-state index in [1.165, 1.54) is 167 Å². The van der Waals surface area contributed by atoms with Gasteiger partial charge in [0.2, 0.25) is 5.91 Å². The molecule has 0 saturated heterocycles. The molecule has 0 aromatic carbocycles. The number of unbranched alkanes of at least 4 members (excludes halogenated alkanes) is 30. The molecule has 0 radical (unpaired) electrons. The molecule has 0 bridgehead atoms. The number of allylic oxidation sites excluding steroid dienone is 13. The number of quaternary nitrogens is 1. The summed E-state index contributed by atoms with van der Waals surface area (Å²) in [5.74, 6) is -0.213. The van der Waals surface area contributed by atoms with E-state index >= 15 is 0 Å². The maximum atomic E-state index is 12.9. The quantitative estimate of drug-likeness (QED) is 0.0272. The van der Waals surface area contributed by atoms with Crippen LogP contribution in [0.3, 0.4) is 0 Å². The topological polar surface area (TPSA) is 108 Å². The second-order valence-electron chi connectivity index (χ2n) is 21.3. The predicted molar refractivity (Wildman–Crippen MR) is 311 cm³/mol. The molecular formula is C63H115N2O6P. The standard InChI is InChI=1S/C63H115N2O6P/c1-6-8-10-12-14-16-17-18-19-20-21-22-23-24-25-26-27-28-29-30-31-32-33-34-35-36-37-38-39-40-41-42-43-44-45-46-47-49-51-53-55-57-63(67)64-61(60-71-72(68,69)70-59-58-65(3,4)5)62(66)56-54-52-50-48-15-13-11-9-7-2/h7-10,14-16,18-19,21-22,48,54,56,61-62,66H,6,11-13,17,20,23-47,49-53,55,57-60H2,1-5H3,(H-,64,67,68,69)/b9-7+,10-8-,16-14-,19-18-,22-21-,48-15+,56-54+. The van der Waals surface area contributed by atoms with Gasteiger partial charge in [-0.05, 0) is 77.6 Å². The molecule has 9 heteroatoms. The van der Waals surface area contributed by atoms with Gasteiger partial charge in [0.25, 0.3) is 7.82 Å². The number of hydrogen-bond acceptors (Lipinski definition) is 6. The van der Waals surface area contributed by atoms with E-state index in [9.17, 15) is 19.4 Å². The second-order valence-corrected chi connectivity index (χ2v) is 22.7. The molecule has 0 fully saturated rings. The zero-order valence-electron chi connectivity index (χ0n) is 47.6. The van der Waals surface area contributed by atoms with Crippen molar-refractivity contribution in [2.45, 2.75) is 270 Å². The molecule has 0 heterocycles. The van der Waals surface area contributed by atoms with Gasteiger partial charge in [-0.25, -0.2) is 0 Å². The molecule has 0 rings (SSSR count). The van der Waals surface area contributed by atoms with Crippen LogP contribution in [0.4, 0.5) is 0 Å². The fraction of sp³-hybridized carbons (Fsp3) is 0.762. The number of nitrogens with zero attached hydrogens (tertiary/aromatic N) is 1. The highest BCUT2D eigenvalue weighted by molar-refractivity contribution is 7.45. The van der Waals surface area contributed by atoms with E-state index in [0.717, 1.165) is 70.6 Å². The zero-order valence-corrected chi connectivity index (χ0v) is 48.5. The third kappa shape index (κ3) is 55.4. The van der Waals surface area contributed by atoms with Crippen molar-refractivity contribution in [1.82, 2.24) is 5.32 Å². The van der Waals surface area contributed by atoms with Crippen LogP contribution in [0.25, 0.3) is 0 Å². The van der Waals surface area contributed by atoms with Gasteiger partial charge in [-0.15, -0.1) is 0 Å². The summed E-state index contributed by atoms with van der Waals surface area (Å²) in [5.41, 5.74) is 0. The first-order valence-corrected chi connectivity index (χ1v) is 31.4. The first kappa shape index (κ1) is 69.7. The molecule has 0 aliphatic carbocycles. The van der Waals surface area contributed by atoms with Gasteiger partial charge in [0.15, 0.2) is 0 Å². The number of hydrogen-bond donors (Lipinski definition) is 2. The smallest absolute Gasteiger partial charge is 0.268 e. The van der Waals surface area contributed by atoms with Gasteiger partial charge in [0, 0.05) is 6.42 Å². The average Bonchev–Trinajstić information content (AvgIpc) is 3.34. The van der Waals surface area contributed by atoms with E-state index in [1.54, 1.807) is 6.08 Å². The van der Waals surface area contributed by atoms with Crippen LogP contribution in [0, 0.1) is 0 Å². The molecule has 72 heavy (non-hydrogen) atoms. The minimum atomic E-state index is -4.60. The summed E-state index contributed by atoms with van der Waals surface area (Å²) in [6.45, 7) is 4.27. The van der Waals surface area contributed by atoms with Crippen LogP contribution in [-0.2, 0) is 18.4 Å². The number of aliphatic hydroxyl groups is 1. The van der Waals surface area contributed by atoms with Crippen molar-refractivity contribution < 1.29 is 32.9 Å². The number of carbonyl (C=O) groups is 1. The Morgan fingerprint density at radius 2 is 0.875 bits per heavy atom. The first-order valence-electron chi connectivity index (χ1n) is 29.9. The normalized spacial score (nSPS) is 14.5. The largest absolute Gasteiger partial charge is 0.756 e. The number of likely N-dealkylation sites (N-methyl/N-ethyl adjacent to an activating group) is 1. The molecule has 1 amide bonds. The van der Waals surface area contributed by atoms with E-state index in [-0.39, 0.29) is 12.5 Å². The van der Waals surface area contributed by atoms with Crippen molar-refractivity contribution in [1.29, 1.82) is 0 Å². The molecule has 0 aliphatic heterocycles. The molecule has 418 valence electrons. The van der Waals surface area contributed by atoms with Gasteiger partial charge >= 0.3 is 0 Å². The molecular weight excluding hydrogens is 912 g/mol. The average molecular weight is 1030 g/mol. The first-order chi connectivity index (χ1) is 35.0. The fourth-order valence-corrected chi connectivity index (χ4v) is 9.26. The van der Waals surface area contributed by atoms with Crippen molar-refractivity contribution in [3.05, 3.63) is 85.1 Å². The van der Waals surface area contributed by atoms with E-state index in [1.807, 2.05) is 40.2 Å². The second kappa shape index (κ2) is 53.5. The lowest BCUT2D eigenvalue weighted by atomic mass is 10.0. The third-order valence-electron chi connectivity index (χ3n) is 13.2. The molecule has 0 aromatic rings. The molecule has 3 atom stereocenters. The van der Waals surface area contributed by atoms with Gasteiger partial charge in [0.05, 0.1) is 39.9 Å². The van der Waals surface area contributed by atoms with Crippen LogP contribution in [0.2, 0.25) is 0 Å². The van der Waals surface area contributed by atoms with Gasteiger partial charge in [-0.3, -0.25) is 9.36 Å². The Hall–Kier alpha value is -2.32. The van der Waals surface area contributed by atoms with E-state index in [4.69, 9.17) is 9.05 Å². The van der Waals surface area contributed by atoms with Crippen molar-refractivity contribution in [3.63, 3.8) is 0 Å². The fourth-order valence-electron chi connectivity index (χ4n) is 8.54. The Morgan fingerprint density at radius 3 is 1.29 bits per heavy atom. The van der Waals surface area contributed by atoms with Crippen LogP contribution >= 0.6 is 7.82 Å². The van der Waals surface area contributed by atoms with E-state index in [0.29, 0.717) is 17.4 Å². The molecule has 0 aromatic heterocycles. The summed E-state index contributed by atoms with van der Waals surface area (Å²) in [6.07, 6.45) is 76.0. The predicted octanol–water partition coefficient (Wildman–Crippen LogP) is 17.8. The number of phosphoric acid groups is 1. The minimum Gasteiger partial charge on any atom is -0.756 e. The number of amides is 1. The molecule has 0 aliphatic rings. The molecule has 0 saturated carbocycles. The summed E-state index contributed by atoms with van der Waals surface area (Å²) in [6, 6.07) is -0.908. The summed E-state index contributed by atoms with van der Waals surface area (Å²) in [7, 11) is 1.23. The summed E-state index contributed by atoms with van der Waals surface area (Å²) >= 11 is 0. The Kier molecular flexibility index (Phi) is 51.8. The van der Waals surface area contributed by atoms with Crippen LogP contribution in [0.5, 0.6) is 0 Å². The van der Waals surface area contributed by atoms with Gasteiger partial charge in [-0.2, -0.15) is 0 Å². The summed E-state index contributed by atoms with van der Waals surface area (Å²) in [5, 5.41) is 13.7. The van der Waals surface area contributed by atoms with Gasteiger partial charge in [0.1, 0.15) is 13.2 Å². The maximum absolute atomic E-state index is 12.9. The van der Waals surface area contributed by atoms with Crippen LogP contribution in [0.15, 0.2) is 85.1 Å². The number of carbonyl (C=O) groups excluding carboxylic acids is 1. The number of phosphoric ester groups is 1. The highest BCUT2D eigenvalue weighted by Gasteiger charge is 2.23. The number of rotatable bonds is 54. The van der Waals surface area contributed by atoms with Gasteiger partial charge < -0.3 is 28.8 Å². The van der Waals surface area contributed by atoms with E-state index < -0.39 is 26.6 Å². The number of aliphatic hydroxyl groups excluding tert-OH is 1. The van der Waals surface area contributed by atoms with Crippen molar-refractivity contribution in [3.8, 4) is 0 Å². The maximum Gasteiger partial charge on any atom is 0.268 e. The molecule has 3 unspecified atom stereocenters. The Balaban J connectivity index is 3.78. The van der Waals surface area contributed by atoms with E-state index in [2.05, 4.69) is 79.1 Å². The summed E-state index contributed by atoms with van der Waals surface area (Å²) in [4.78, 5) is 25.3. The number of nitrogens with one attached hydrogen (secondary N) is 1. The summed E-state index contributed by atoms with van der Waals surface area (Å²) < 4.78 is 23.2. The Bertz CT molecular complexity index is 1450. The van der Waals surface area contributed by atoms with Crippen molar-refractivity contribution >= 4 is 13.7 Å². The highest BCUT2D eigenvalue weighted by Crippen LogP contribution is 2.38. The highest BCUT2D eigenvalue weighted by atomic mass is 31.2. The van der Waals surface area contributed by atoms with Crippen molar-refractivity contribution in [2.75, 3.05) is 40.9 Å². The monoisotopic (exact) mass is 1030 g/mol. The van der Waals surface area contributed by atoms with Crippen LogP contribution in [0.1, 0.15) is 258 Å². The molecule has 0 spiro atoms. The lowest BCUT2D eigenvalue weighted by molar-refractivity contribution is -0.870. The van der Waals surface area contributed by atoms with Crippen LogP contribution < -0.4 is 10.2 Å². The van der Waals surface area contributed by atoms with Crippen molar-refractivity contribution in [2.24, 2.45) is 0 Å². The Labute approximate surface area is 446 Å². The molecule has 8 nitrogen and oxygen atoms in total. The lowest BCUT2D eigenvalue weighted by Gasteiger charge is -2.29. The Morgan fingerprint density at radius 1 is 0.514 bits per heavy atom. The third-order valence-corrected chi connectivity index (χ3v) is 14.1. The zero-order chi connectivity index (χ0) is 52.7. The van der Waals surface area contributed by atoms with Crippen LogP contribution in [-0.4, -0.2) is 68.5 Å². The molecule has 2 N–H and O–H groups in total. The lowest BCUT2D eigenvalue weighted by Crippen LogP contribution is -2.45.